The van der Waals surface area contributed by atoms with Crippen molar-refractivity contribution in [2.75, 3.05) is 5.32 Å². The normalized spacial score (nSPS) is 10.2. The molecule has 1 N–H and O–H groups in total. The van der Waals surface area contributed by atoms with Crippen LogP contribution in [0.1, 0.15) is 20.9 Å². The van der Waals surface area contributed by atoms with Gasteiger partial charge >= 0.3 is 0 Å². The number of benzene rings is 2. The molecule has 1 amide bonds. The van der Waals surface area contributed by atoms with E-state index in [0.29, 0.717) is 26.8 Å². The van der Waals surface area contributed by atoms with Gasteiger partial charge in [0.05, 0.1) is 16.9 Å². The Morgan fingerprint density at radius 1 is 1.21 bits per heavy atom. The van der Waals surface area contributed by atoms with Crippen LogP contribution in [0.3, 0.4) is 0 Å². The SMILES string of the molecule is Cc1nc(-c2ccc(F)cc2)sc1C(=O)Nc1ccccc1C#N. The van der Waals surface area contributed by atoms with Crippen LogP contribution in [0.2, 0.25) is 0 Å². The molecule has 0 atom stereocenters. The summed E-state index contributed by atoms with van der Waals surface area (Å²) in [4.78, 5) is 17.3. The van der Waals surface area contributed by atoms with Gasteiger partial charge in [-0.3, -0.25) is 4.79 Å². The van der Waals surface area contributed by atoms with Gasteiger partial charge in [-0.25, -0.2) is 9.37 Å². The molecule has 118 valence electrons. The fourth-order valence-corrected chi connectivity index (χ4v) is 3.16. The summed E-state index contributed by atoms with van der Waals surface area (Å²) in [7, 11) is 0. The molecule has 0 saturated heterocycles. The van der Waals surface area contributed by atoms with E-state index in [4.69, 9.17) is 5.26 Å². The highest BCUT2D eigenvalue weighted by atomic mass is 32.1. The van der Waals surface area contributed by atoms with Gasteiger partial charge in [0.25, 0.3) is 5.91 Å². The molecule has 0 aliphatic heterocycles. The maximum Gasteiger partial charge on any atom is 0.267 e. The molecule has 0 radical (unpaired) electrons. The van der Waals surface area contributed by atoms with Crippen LogP contribution < -0.4 is 5.32 Å². The summed E-state index contributed by atoms with van der Waals surface area (Å²) in [6.07, 6.45) is 0. The molecular formula is C18H12FN3OS. The lowest BCUT2D eigenvalue weighted by molar-refractivity contribution is 0.103. The van der Waals surface area contributed by atoms with Crippen molar-refractivity contribution in [2.45, 2.75) is 6.92 Å². The van der Waals surface area contributed by atoms with Crippen LogP contribution in [0.5, 0.6) is 0 Å². The number of thiazole rings is 1. The first kappa shape index (κ1) is 15.8. The van der Waals surface area contributed by atoms with E-state index >= 15 is 0 Å². The molecular weight excluding hydrogens is 325 g/mol. The van der Waals surface area contributed by atoms with E-state index in [1.165, 1.54) is 23.5 Å². The first-order chi connectivity index (χ1) is 11.6. The third kappa shape index (κ3) is 3.16. The van der Waals surface area contributed by atoms with E-state index in [2.05, 4.69) is 10.3 Å². The number of nitrogens with zero attached hydrogens (tertiary/aromatic N) is 2. The Kier molecular flexibility index (Phi) is 4.36. The van der Waals surface area contributed by atoms with Gasteiger partial charge in [0.15, 0.2) is 0 Å². The monoisotopic (exact) mass is 337 g/mol. The fraction of sp³-hybridized carbons (Fsp3) is 0.0556. The summed E-state index contributed by atoms with van der Waals surface area (Å²) in [5.41, 5.74) is 2.19. The third-order valence-electron chi connectivity index (χ3n) is 3.39. The highest BCUT2D eigenvalue weighted by molar-refractivity contribution is 7.17. The lowest BCUT2D eigenvalue weighted by Crippen LogP contribution is -2.12. The van der Waals surface area contributed by atoms with Gasteiger partial charge in [0.1, 0.15) is 21.8 Å². The lowest BCUT2D eigenvalue weighted by atomic mass is 10.2. The number of halogens is 1. The average molecular weight is 337 g/mol. The van der Waals surface area contributed by atoms with Crippen molar-refractivity contribution in [1.82, 2.24) is 4.98 Å². The van der Waals surface area contributed by atoms with E-state index in [9.17, 15) is 9.18 Å². The molecule has 24 heavy (non-hydrogen) atoms. The summed E-state index contributed by atoms with van der Waals surface area (Å²) < 4.78 is 13.0. The molecule has 0 spiro atoms. The Hall–Kier alpha value is -3.04. The minimum absolute atomic E-state index is 0.318. The molecule has 0 aliphatic carbocycles. The Balaban J connectivity index is 1.88. The highest BCUT2D eigenvalue weighted by Crippen LogP contribution is 2.29. The molecule has 0 unspecified atom stereocenters. The maximum atomic E-state index is 13.0. The van der Waals surface area contributed by atoms with Crippen LogP contribution in [0, 0.1) is 24.1 Å². The number of rotatable bonds is 3. The lowest BCUT2D eigenvalue weighted by Gasteiger charge is -2.05. The molecule has 1 heterocycles. The summed E-state index contributed by atoms with van der Waals surface area (Å²) in [6, 6.07) is 14.8. The Bertz CT molecular complexity index is 942. The number of aromatic nitrogens is 1. The molecule has 0 aliphatic rings. The Labute approximate surface area is 142 Å². The van der Waals surface area contributed by atoms with Crippen LogP contribution in [0.15, 0.2) is 48.5 Å². The van der Waals surface area contributed by atoms with Gasteiger partial charge in [-0.1, -0.05) is 12.1 Å². The molecule has 6 heteroatoms. The largest absolute Gasteiger partial charge is 0.320 e. The second-order valence-corrected chi connectivity index (χ2v) is 6.05. The van der Waals surface area contributed by atoms with Crippen LogP contribution in [0.25, 0.3) is 10.6 Å². The molecule has 0 fully saturated rings. The number of anilines is 1. The van der Waals surface area contributed by atoms with Gasteiger partial charge in [0, 0.05) is 5.56 Å². The predicted octanol–water partition coefficient (Wildman–Crippen LogP) is 4.38. The highest BCUT2D eigenvalue weighted by Gasteiger charge is 2.17. The Morgan fingerprint density at radius 2 is 1.92 bits per heavy atom. The van der Waals surface area contributed by atoms with Crippen molar-refractivity contribution in [3.05, 3.63) is 70.5 Å². The number of nitriles is 1. The second-order valence-electron chi connectivity index (χ2n) is 5.05. The molecule has 0 bridgehead atoms. The van der Waals surface area contributed by atoms with Crippen LogP contribution in [0.4, 0.5) is 10.1 Å². The van der Waals surface area contributed by atoms with Crippen molar-refractivity contribution < 1.29 is 9.18 Å². The van der Waals surface area contributed by atoms with Gasteiger partial charge in [0.2, 0.25) is 0 Å². The van der Waals surface area contributed by atoms with Crippen molar-refractivity contribution in [1.29, 1.82) is 5.26 Å². The first-order valence-corrected chi connectivity index (χ1v) is 7.94. The second kappa shape index (κ2) is 6.60. The van der Waals surface area contributed by atoms with E-state index < -0.39 is 0 Å². The quantitative estimate of drug-likeness (QED) is 0.771. The molecule has 2 aromatic carbocycles. The van der Waals surface area contributed by atoms with E-state index in [1.807, 2.05) is 6.07 Å². The molecule has 4 nitrogen and oxygen atoms in total. The van der Waals surface area contributed by atoms with Crippen molar-refractivity contribution in [3.8, 4) is 16.6 Å². The van der Waals surface area contributed by atoms with Crippen LogP contribution in [-0.4, -0.2) is 10.9 Å². The average Bonchev–Trinajstić information content (AvgIpc) is 2.98. The fourth-order valence-electron chi connectivity index (χ4n) is 2.19. The minimum atomic E-state index is -0.321. The smallest absolute Gasteiger partial charge is 0.267 e. The van der Waals surface area contributed by atoms with Crippen LogP contribution >= 0.6 is 11.3 Å². The summed E-state index contributed by atoms with van der Waals surface area (Å²) in [5, 5.41) is 12.5. The number of amides is 1. The zero-order valence-electron chi connectivity index (χ0n) is 12.7. The summed E-state index contributed by atoms with van der Waals surface area (Å²) in [6.45, 7) is 1.74. The predicted molar refractivity (Wildman–Crippen MR) is 91.4 cm³/mol. The molecule has 1 aromatic heterocycles. The minimum Gasteiger partial charge on any atom is -0.320 e. The standard InChI is InChI=1S/C18H12FN3OS/c1-11-16(17(23)22-15-5-3-2-4-13(15)10-20)24-18(21-11)12-6-8-14(19)9-7-12/h2-9H,1H3,(H,22,23). The maximum absolute atomic E-state index is 13.0. The molecule has 0 saturated carbocycles. The summed E-state index contributed by atoms with van der Waals surface area (Å²) in [5.74, 6) is -0.640. The van der Waals surface area contributed by atoms with E-state index in [-0.39, 0.29) is 11.7 Å². The van der Waals surface area contributed by atoms with Crippen molar-refractivity contribution in [2.24, 2.45) is 0 Å². The first-order valence-electron chi connectivity index (χ1n) is 7.12. The van der Waals surface area contributed by atoms with Crippen molar-refractivity contribution >= 4 is 22.9 Å². The number of hydrogen-bond acceptors (Lipinski definition) is 4. The van der Waals surface area contributed by atoms with Gasteiger partial charge in [-0.2, -0.15) is 5.26 Å². The van der Waals surface area contributed by atoms with Crippen molar-refractivity contribution in [3.63, 3.8) is 0 Å². The zero-order valence-corrected chi connectivity index (χ0v) is 13.5. The molecule has 3 aromatic rings. The van der Waals surface area contributed by atoms with E-state index in [0.717, 1.165) is 5.56 Å². The van der Waals surface area contributed by atoms with E-state index in [1.54, 1.807) is 43.3 Å². The van der Waals surface area contributed by atoms with Crippen LogP contribution in [-0.2, 0) is 0 Å². The zero-order chi connectivity index (χ0) is 17.1. The number of hydrogen-bond donors (Lipinski definition) is 1. The van der Waals surface area contributed by atoms with Gasteiger partial charge < -0.3 is 5.32 Å². The topological polar surface area (TPSA) is 65.8 Å². The number of nitrogens with one attached hydrogen (secondary N) is 1. The third-order valence-corrected chi connectivity index (χ3v) is 4.59. The number of carbonyl (C=O) groups excluding carboxylic acids is 1. The Morgan fingerprint density at radius 3 is 2.62 bits per heavy atom. The van der Waals surface area contributed by atoms with Gasteiger partial charge in [-0.05, 0) is 43.3 Å². The summed E-state index contributed by atoms with van der Waals surface area (Å²) >= 11 is 1.23. The number of aryl methyl sites for hydroxylation is 1. The van der Waals surface area contributed by atoms with Gasteiger partial charge in [-0.15, -0.1) is 11.3 Å². The number of para-hydroxylation sites is 1. The molecule has 3 rings (SSSR count). The number of carbonyl (C=O) groups is 1.